The number of nitriles is 1. The summed E-state index contributed by atoms with van der Waals surface area (Å²) in [7, 11) is 2.69. The lowest BCUT2D eigenvalue weighted by Crippen LogP contribution is -2.29. The van der Waals surface area contributed by atoms with Gasteiger partial charge >= 0.3 is 18.0 Å². The van der Waals surface area contributed by atoms with Crippen molar-refractivity contribution in [3.8, 4) is 11.8 Å². The molecule has 16 heteroatoms. The van der Waals surface area contributed by atoms with Gasteiger partial charge in [0, 0.05) is 14.1 Å². The molecule has 3 rings (SSSR count). The summed E-state index contributed by atoms with van der Waals surface area (Å²) in [5.74, 6) is -11.7. The number of halogens is 11. The van der Waals surface area contributed by atoms with Crippen molar-refractivity contribution in [2.75, 3.05) is 14.1 Å². The van der Waals surface area contributed by atoms with Crippen molar-refractivity contribution in [3.63, 3.8) is 0 Å². The van der Waals surface area contributed by atoms with Crippen LogP contribution < -0.4 is 0 Å². The van der Waals surface area contributed by atoms with E-state index in [1.54, 1.807) is 0 Å². The van der Waals surface area contributed by atoms with Crippen LogP contribution in [0.1, 0.15) is 16.8 Å². The predicted molar refractivity (Wildman–Crippen MR) is 103 cm³/mol. The van der Waals surface area contributed by atoms with Crippen LogP contribution in [0.2, 0.25) is 10.0 Å². The molecule has 0 N–H and O–H groups in total. The molecule has 1 aromatic carbocycles. The maximum absolute atomic E-state index is 14.2. The van der Waals surface area contributed by atoms with E-state index in [1.165, 1.54) is 20.2 Å². The lowest BCUT2D eigenvalue weighted by atomic mass is 9.94. The van der Waals surface area contributed by atoms with Gasteiger partial charge in [0.15, 0.2) is 11.5 Å². The number of aromatic nitrogens is 2. The minimum atomic E-state index is -5.30. The fourth-order valence-corrected chi connectivity index (χ4v) is 4.01. The second kappa shape index (κ2) is 7.94. The Bertz CT molecular complexity index is 1170. The average molecular weight is 538 g/mol. The Morgan fingerprint density at radius 1 is 1.12 bits per heavy atom. The molecule has 1 aromatic heterocycles. The van der Waals surface area contributed by atoms with Gasteiger partial charge in [0.05, 0.1) is 27.5 Å². The number of alkyl halides is 9. The van der Waals surface area contributed by atoms with E-state index in [4.69, 9.17) is 23.2 Å². The first-order valence-corrected chi connectivity index (χ1v) is 9.57. The molecule has 0 radical (unpaired) electrons. The summed E-state index contributed by atoms with van der Waals surface area (Å²) in [6.45, 7) is 0. The summed E-state index contributed by atoms with van der Waals surface area (Å²) in [5, 5.41) is 11.2. The predicted octanol–water partition coefficient (Wildman–Crippen LogP) is 6.08. The van der Waals surface area contributed by atoms with Gasteiger partial charge in [-0.25, -0.2) is 18.5 Å². The molecule has 184 valence electrons. The molecule has 0 amide bonds. The van der Waals surface area contributed by atoms with E-state index in [2.05, 4.69) is 10.1 Å². The molecule has 0 aliphatic heterocycles. The average Bonchev–Trinajstić information content (AvgIpc) is 2.92. The summed E-state index contributed by atoms with van der Waals surface area (Å²) in [5.41, 5.74) is -9.41. The van der Waals surface area contributed by atoms with E-state index in [0.717, 1.165) is 11.2 Å². The van der Waals surface area contributed by atoms with Gasteiger partial charge < -0.3 is 4.90 Å². The van der Waals surface area contributed by atoms with Gasteiger partial charge in [-0.3, -0.25) is 0 Å². The summed E-state index contributed by atoms with van der Waals surface area (Å²) in [6, 6.07) is 1.90. The Hall–Kier alpha value is -2.66. The Morgan fingerprint density at radius 3 is 1.97 bits per heavy atom. The van der Waals surface area contributed by atoms with E-state index in [-0.39, 0.29) is 0 Å². The molecule has 2 aromatic rings. The highest BCUT2D eigenvalue weighted by molar-refractivity contribution is 6.38. The fourth-order valence-electron chi connectivity index (χ4n) is 3.36. The number of rotatable bonds is 5. The van der Waals surface area contributed by atoms with Crippen LogP contribution in [0.25, 0.3) is 5.69 Å². The van der Waals surface area contributed by atoms with Crippen LogP contribution in [0.5, 0.6) is 0 Å². The third-order valence-corrected chi connectivity index (χ3v) is 5.55. The SMILES string of the molecule is CN(C)C=Nc1c(C2(C(F)F)C(F)(F)C2(F)F)c(C#N)nn1-c1c(Cl)cc(C(F)(F)F)cc1Cl. The molecule has 1 fully saturated rings. The maximum Gasteiger partial charge on any atom is 0.416 e. The van der Waals surface area contributed by atoms with Gasteiger partial charge in [0.1, 0.15) is 11.8 Å². The molecular formula is C18H10Cl2F9N5. The van der Waals surface area contributed by atoms with Crippen LogP contribution in [-0.2, 0) is 11.6 Å². The molecule has 1 aliphatic carbocycles. The van der Waals surface area contributed by atoms with Gasteiger partial charge in [0.2, 0.25) is 5.41 Å². The minimum Gasteiger partial charge on any atom is -0.369 e. The maximum atomic E-state index is 14.2. The van der Waals surface area contributed by atoms with Crippen molar-refractivity contribution in [1.29, 1.82) is 5.26 Å². The molecule has 0 atom stereocenters. The first kappa shape index (κ1) is 26.0. The monoisotopic (exact) mass is 537 g/mol. The zero-order valence-electron chi connectivity index (χ0n) is 16.7. The summed E-state index contributed by atoms with van der Waals surface area (Å²) < 4.78 is 124. The number of aliphatic imine (C=N–C) groups is 1. The second-order valence-electron chi connectivity index (χ2n) is 7.32. The Labute approximate surface area is 195 Å². The first-order valence-electron chi connectivity index (χ1n) is 8.81. The summed E-state index contributed by atoms with van der Waals surface area (Å²) in [4.78, 5) is 4.79. The number of benzene rings is 1. The van der Waals surface area contributed by atoms with Crippen molar-refractivity contribution in [2.24, 2.45) is 4.99 Å². The van der Waals surface area contributed by atoms with Crippen molar-refractivity contribution < 1.29 is 39.5 Å². The Morgan fingerprint density at radius 2 is 1.62 bits per heavy atom. The van der Waals surface area contributed by atoms with Crippen molar-refractivity contribution >= 4 is 35.4 Å². The molecule has 34 heavy (non-hydrogen) atoms. The first-order chi connectivity index (χ1) is 15.5. The van der Waals surface area contributed by atoms with Crippen molar-refractivity contribution in [2.45, 2.75) is 29.9 Å². The van der Waals surface area contributed by atoms with Crippen LogP contribution in [0, 0.1) is 11.3 Å². The van der Waals surface area contributed by atoms with E-state index in [9.17, 15) is 44.8 Å². The van der Waals surface area contributed by atoms with Crippen LogP contribution in [0.3, 0.4) is 0 Å². The van der Waals surface area contributed by atoms with E-state index >= 15 is 0 Å². The fraction of sp³-hybridized carbons (Fsp3) is 0.389. The minimum absolute atomic E-state index is 0.299. The van der Waals surface area contributed by atoms with Crippen LogP contribution >= 0.6 is 23.2 Å². The Kier molecular flexibility index (Phi) is 6.06. The highest BCUT2D eigenvalue weighted by Gasteiger charge is 3.01. The van der Waals surface area contributed by atoms with Gasteiger partial charge in [-0.1, -0.05) is 23.2 Å². The standard InChI is InChI=1S/C18H10Cl2F9N5/c1-33(2)6-31-13-11(15(14(21)22)17(26,27)18(15,28)29)10(5-30)32-34(13)12-8(19)3-7(4-9(12)20)16(23,24)25/h3-4,6,14H,1-2H3. The molecule has 1 aliphatic rings. The summed E-state index contributed by atoms with van der Waals surface area (Å²) in [6.07, 6.45) is -8.49. The third kappa shape index (κ3) is 3.39. The Balaban J connectivity index is 2.45. The second-order valence-corrected chi connectivity index (χ2v) is 8.14. The molecule has 1 saturated carbocycles. The highest BCUT2D eigenvalue weighted by Crippen LogP contribution is 2.76. The zero-order chi connectivity index (χ0) is 26.0. The highest BCUT2D eigenvalue weighted by atomic mass is 35.5. The topological polar surface area (TPSA) is 57.2 Å². The number of hydrogen-bond donors (Lipinski definition) is 0. The molecule has 0 unspecified atom stereocenters. The molecule has 0 spiro atoms. The van der Waals surface area contributed by atoms with Crippen molar-refractivity contribution in [3.05, 3.63) is 39.0 Å². The van der Waals surface area contributed by atoms with Gasteiger partial charge in [-0.15, -0.1) is 0 Å². The van der Waals surface area contributed by atoms with Gasteiger partial charge in [0.25, 0.3) is 6.43 Å². The number of nitrogens with zero attached hydrogens (tertiary/aromatic N) is 5. The molecular weight excluding hydrogens is 528 g/mol. The van der Waals surface area contributed by atoms with E-state index in [0.29, 0.717) is 16.8 Å². The molecule has 0 saturated heterocycles. The lowest BCUT2D eigenvalue weighted by molar-refractivity contribution is -0.137. The quantitative estimate of drug-likeness (QED) is 0.264. The summed E-state index contributed by atoms with van der Waals surface area (Å²) >= 11 is 11.8. The number of hydrogen-bond acceptors (Lipinski definition) is 3. The van der Waals surface area contributed by atoms with E-state index in [1.807, 2.05) is 0 Å². The van der Waals surface area contributed by atoms with Crippen LogP contribution in [0.15, 0.2) is 17.1 Å². The normalized spacial score (nSPS) is 18.4. The largest absolute Gasteiger partial charge is 0.416 e. The molecule has 1 heterocycles. The molecule has 5 nitrogen and oxygen atoms in total. The van der Waals surface area contributed by atoms with E-state index < -0.39 is 68.2 Å². The third-order valence-electron chi connectivity index (χ3n) is 4.98. The van der Waals surface area contributed by atoms with Gasteiger partial charge in [-0.2, -0.15) is 41.1 Å². The zero-order valence-corrected chi connectivity index (χ0v) is 18.2. The molecule has 0 bridgehead atoms. The van der Waals surface area contributed by atoms with Crippen LogP contribution in [0.4, 0.5) is 45.3 Å². The van der Waals surface area contributed by atoms with Gasteiger partial charge in [-0.05, 0) is 12.1 Å². The van der Waals surface area contributed by atoms with Crippen LogP contribution in [-0.4, -0.2) is 53.4 Å². The smallest absolute Gasteiger partial charge is 0.369 e. The lowest BCUT2D eigenvalue weighted by Gasteiger charge is -2.16. The van der Waals surface area contributed by atoms with Crippen molar-refractivity contribution in [1.82, 2.24) is 14.7 Å².